The first kappa shape index (κ1) is 27.9. The largest absolute Gasteiger partial charge is 0.208 e. The fourth-order valence-electron chi connectivity index (χ4n) is 7.62. The summed E-state index contributed by atoms with van der Waals surface area (Å²) in [7, 11) is 0. The highest BCUT2D eigenvalue weighted by molar-refractivity contribution is 7.26. The summed E-state index contributed by atoms with van der Waals surface area (Å²) in [6.45, 7) is 0. The molecule has 0 aliphatic carbocycles. The number of thiophene rings is 2. The van der Waals surface area contributed by atoms with Gasteiger partial charge in [0.1, 0.15) is 0 Å². The van der Waals surface area contributed by atoms with E-state index in [-0.39, 0.29) is 0 Å². The monoisotopic (exact) mass is 671 g/mol. The van der Waals surface area contributed by atoms with Gasteiger partial charge in [-0.15, -0.1) is 22.7 Å². The van der Waals surface area contributed by atoms with Crippen molar-refractivity contribution < 1.29 is 0 Å². The Bertz CT molecular complexity index is 3030. The maximum Gasteiger partial charge on any atom is 0.164 e. The Hall–Kier alpha value is -6.01. The Morgan fingerprint density at radius 2 is 0.820 bits per heavy atom. The third kappa shape index (κ3) is 4.18. The summed E-state index contributed by atoms with van der Waals surface area (Å²) in [5.41, 5.74) is 5.35. The van der Waals surface area contributed by atoms with Crippen LogP contribution in [0.2, 0.25) is 0 Å². The quantitative estimate of drug-likeness (QED) is 0.175. The Morgan fingerprint density at radius 3 is 1.48 bits per heavy atom. The summed E-state index contributed by atoms with van der Waals surface area (Å²) in [6.07, 6.45) is 0. The summed E-state index contributed by atoms with van der Waals surface area (Å²) < 4.78 is 5.17. The first-order chi connectivity index (χ1) is 24.8. The van der Waals surface area contributed by atoms with Gasteiger partial charge in [-0.1, -0.05) is 115 Å². The van der Waals surface area contributed by atoms with Crippen molar-refractivity contribution in [3.63, 3.8) is 0 Å². The second kappa shape index (κ2) is 10.7. The molecule has 0 bridgehead atoms. The molecule has 0 unspecified atom stereocenters. The molecular weight excluding hydrogens is 647 g/mol. The number of hydrogen-bond acceptors (Lipinski definition) is 5. The zero-order valence-electron chi connectivity index (χ0n) is 26.6. The van der Waals surface area contributed by atoms with Crippen molar-refractivity contribution in [2.75, 3.05) is 0 Å². The molecule has 0 aliphatic heterocycles. The van der Waals surface area contributed by atoms with Gasteiger partial charge in [0.25, 0.3) is 0 Å². The third-order valence-corrected chi connectivity index (χ3v) is 12.1. The first-order valence-electron chi connectivity index (χ1n) is 16.7. The molecule has 3 heterocycles. The Labute approximate surface area is 295 Å². The molecule has 0 N–H and O–H groups in total. The molecule has 0 radical (unpaired) electrons. The molecule has 0 saturated heterocycles. The summed E-state index contributed by atoms with van der Waals surface area (Å²) in [5.74, 6) is 2.01. The highest BCUT2D eigenvalue weighted by atomic mass is 32.1. The van der Waals surface area contributed by atoms with Crippen molar-refractivity contribution in [3.05, 3.63) is 152 Å². The van der Waals surface area contributed by atoms with Crippen molar-refractivity contribution >= 4 is 84.6 Å². The summed E-state index contributed by atoms with van der Waals surface area (Å²) in [6, 6.07) is 54.2. The second-order valence-electron chi connectivity index (χ2n) is 12.7. The lowest BCUT2D eigenvalue weighted by molar-refractivity contribution is 1.08. The Kier molecular flexibility index (Phi) is 5.99. The highest BCUT2D eigenvalue weighted by Gasteiger charge is 2.19. The molecule has 3 nitrogen and oxygen atoms in total. The van der Waals surface area contributed by atoms with Crippen molar-refractivity contribution in [2.24, 2.45) is 0 Å². The molecule has 11 aromatic rings. The summed E-state index contributed by atoms with van der Waals surface area (Å²) in [4.78, 5) is 15.1. The normalized spacial score (nSPS) is 12.0. The van der Waals surface area contributed by atoms with Crippen LogP contribution in [0.5, 0.6) is 0 Å². The maximum atomic E-state index is 5.10. The molecule has 5 heteroatoms. The molecule has 8 aromatic carbocycles. The zero-order chi connectivity index (χ0) is 32.8. The molecule has 0 spiro atoms. The molecule has 0 atom stereocenters. The zero-order valence-corrected chi connectivity index (χ0v) is 28.2. The van der Waals surface area contributed by atoms with Crippen LogP contribution in [0.25, 0.3) is 107 Å². The lowest BCUT2D eigenvalue weighted by atomic mass is 9.92. The van der Waals surface area contributed by atoms with Crippen LogP contribution in [0.4, 0.5) is 0 Å². The van der Waals surface area contributed by atoms with E-state index in [0.717, 1.165) is 16.7 Å². The number of aromatic nitrogens is 3. The molecule has 0 fully saturated rings. The van der Waals surface area contributed by atoms with E-state index in [4.69, 9.17) is 15.0 Å². The van der Waals surface area contributed by atoms with Crippen molar-refractivity contribution in [2.45, 2.75) is 0 Å². The van der Waals surface area contributed by atoms with E-state index in [9.17, 15) is 0 Å². The van der Waals surface area contributed by atoms with E-state index in [1.165, 1.54) is 73.0 Å². The predicted molar refractivity (Wildman–Crippen MR) is 214 cm³/mol. The van der Waals surface area contributed by atoms with Crippen LogP contribution in [-0.4, -0.2) is 15.0 Å². The topological polar surface area (TPSA) is 38.7 Å². The van der Waals surface area contributed by atoms with Crippen LogP contribution in [-0.2, 0) is 0 Å². The maximum absolute atomic E-state index is 5.10. The molecule has 232 valence electrons. The molecule has 0 amide bonds. The standard InChI is InChI=1S/C45H25N3S2/c1-3-10-26(11-4-1)43-46-44(27-12-5-2-6-13-27)48-45(47-43)33-16-9-17-37-40(33)35-25-29(21-23-36(35)49-37)28-20-22-30-31-14-7-18-38-41(31)42-32(34(30)24-28)15-8-19-39(42)50-38/h1-25H. The average Bonchev–Trinajstić information content (AvgIpc) is 3.76. The molecular formula is C45H25N3S2. The minimum absolute atomic E-state index is 0.667. The fraction of sp³-hybridized carbons (Fsp3) is 0. The molecule has 11 rings (SSSR count). The van der Waals surface area contributed by atoms with E-state index < -0.39 is 0 Å². The van der Waals surface area contributed by atoms with Crippen LogP contribution in [0.15, 0.2) is 152 Å². The molecule has 0 aliphatic rings. The second-order valence-corrected chi connectivity index (χ2v) is 14.9. The van der Waals surface area contributed by atoms with Gasteiger partial charge >= 0.3 is 0 Å². The number of rotatable bonds is 4. The number of fused-ring (bicyclic) bond motifs is 6. The van der Waals surface area contributed by atoms with Gasteiger partial charge in [0.05, 0.1) is 0 Å². The van der Waals surface area contributed by atoms with Gasteiger partial charge in [0.2, 0.25) is 0 Å². The SMILES string of the molecule is c1ccc(-c2nc(-c3ccccc3)nc(-c3cccc4sc5ccc(-c6ccc7c(c6)c6cccc8sc9cccc7c9c86)cc5c34)n2)cc1. The third-order valence-electron chi connectivity index (χ3n) is 9.89. The van der Waals surface area contributed by atoms with Gasteiger partial charge in [-0.25, -0.2) is 15.0 Å². The lowest BCUT2D eigenvalue weighted by Crippen LogP contribution is -2.00. The summed E-state index contributed by atoms with van der Waals surface area (Å²) in [5, 5.41) is 10.4. The van der Waals surface area contributed by atoms with Gasteiger partial charge in [-0.05, 0) is 69.1 Å². The van der Waals surface area contributed by atoms with Crippen molar-refractivity contribution in [3.8, 4) is 45.3 Å². The lowest BCUT2D eigenvalue weighted by Gasteiger charge is -2.11. The number of benzene rings is 8. The van der Waals surface area contributed by atoms with E-state index in [1.807, 2.05) is 59.1 Å². The Balaban J connectivity index is 1.13. The van der Waals surface area contributed by atoms with Crippen molar-refractivity contribution in [1.29, 1.82) is 0 Å². The molecule has 50 heavy (non-hydrogen) atoms. The fourth-order valence-corrected chi connectivity index (χ4v) is 9.89. The Morgan fingerprint density at radius 1 is 0.300 bits per heavy atom. The summed E-state index contributed by atoms with van der Waals surface area (Å²) >= 11 is 3.71. The van der Waals surface area contributed by atoms with Crippen LogP contribution in [0.3, 0.4) is 0 Å². The van der Waals surface area contributed by atoms with Crippen LogP contribution < -0.4 is 0 Å². The van der Waals surface area contributed by atoms with Gasteiger partial charge < -0.3 is 0 Å². The van der Waals surface area contributed by atoms with Crippen LogP contribution >= 0.6 is 22.7 Å². The van der Waals surface area contributed by atoms with E-state index in [1.54, 1.807) is 0 Å². The van der Waals surface area contributed by atoms with Gasteiger partial charge in [0.15, 0.2) is 17.5 Å². The first-order valence-corrected chi connectivity index (χ1v) is 18.3. The van der Waals surface area contributed by atoms with Gasteiger partial charge in [0, 0.05) is 57.0 Å². The van der Waals surface area contributed by atoms with Gasteiger partial charge in [-0.2, -0.15) is 0 Å². The number of hydrogen-bond donors (Lipinski definition) is 0. The molecule has 0 saturated carbocycles. The predicted octanol–water partition coefficient (Wildman–Crippen LogP) is 13.0. The van der Waals surface area contributed by atoms with Crippen LogP contribution in [0, 0.1) is 0 Å². The van der Waals surface area contributed by atoms with E-state index in [2.05, 4.69) is 115 Å². The van der Waals surface area contributed by atoms with Crippen LogP contribution in [0.1, 0.15) is 0 Å². The highest BCUT2D eigenvalue weighted by Crippen LogP contribution is 2.46. The molecule has 3 aromatic heterocycles. The minimum Gasteiger partial charge on any atom is -0.208 e. The van der Waals surface area contributed by atoms with Gasteiger partial charge in [-0.3, -0.25) is 0 Å². The van der Waals surface area contributed by atoms with Crippen molar-refractivity contribution in [1.82, 2.24) is 15.0 Å². The smallest absolute Gasteiger partial charge is 0.164 e. The number of nitrogens with zero attached hydrogens (tertiary/aromatic N) is 3. The van der Waals surface area contributed by atoms with E-state index in [0.29, 0.717) is 17.5 Å². The van der Waals surface area contributed by atoms with E-state index >= 15 is 0 Å². The average molecular weight is 672 g/mol. The minimum atomic E-state index is 0.667.